The molecule has 2 amide bonds. The summed E-state index contributed by atoms with van der Waals surface area (Å²) in [6.45, 7) is 2.31. The molecule has 0 aliphatic carbocycles. The Bertz CT molecular complexity index is 993. The van der Waals surface area contributed by atoms with Gasteiger partial charge in [0.05, 0.1) is 11.8 Å². The van der Waals surface area contributed by atoms with Gasteiger partial charge >= 0.3 is 5.82 Å². The van der Waals surface area contributed by atoms with Crippen molar-refractivity contribution in [2.24, 2.45) is 0 Å². The topological polar surface area (TPSA) is 148 Å². The van der Waals surface area contributed by atoms with Gasteiger partial charge in [0.2, 0.25) is 0 Å². The Kier molecular flexibility index (Phi) is 4.92. The molecule has 0 unspecified atom stereocenters. The van der Waals surface area contributed by atoms with E-state index in [1.54, 1.807) is 24.3 Å². The number of aryl methyl sites for hydroxylation is 1. The predicted molar refractivity (Wildman–Crippen MR) is 95.5 cm³/mol. The zero-order valence-electron chi connectivity index (χ0n) is 14.2. The van der Waals surface area contributed by atoms with Gasteiger partial charge < -0.3 is 20.7 Å². The molecule has 1 aromatic carbocycles. The summed E-state index contributed by atoms with van der Waals surface area (Å²) in [5.74, 6) is -1.62. The molecule has 11 nitrogen and oxygen atoms in total. The molecule has 2 aromatic heterocycles. The highest BCUT2D eigenvalue weighted by molar-refractivity contribution is 6.11. The minimum Gasteiger partial charge on any atom is -0.358 e. The first kappa shape index (κ1) is 17.8. The number of para-hydroxylation sites is 1. The van der Waals surface area contributed by atoms with E-state index < -0.39 is 22.6 Å². The smallest absolute Gasteiger partial charge is 0.343 e. The summed E-state index contributed by atoms with van der Waals surface area (Å²) in [4.78, 5) is 34.8. The molecule has 27 heavy (non-hydrogen) atoms. The van der Waals surface area contributed by atoms with Gasteiger partial charge in [-0.3, -0.25) is 14.3 Å². The maximum Gasteiger partial charge on any atom is 0.343 e. The molecule has 0 spiro atoms. The number of anilines is 2. The number of nitrogens with one attached hydrogen (secondary N) is 3. The van der Waals surface area contributed by atoms with Gasteiger partial charge in [0, 0.05) is 18.4 Å². The molecule has 0 saturated carbocycles. The predicted octanol–water partition coefficient (Wildman–Crippen LogP) is 2.04. The van der Waals surface area contributed by atoms with Gasteiger partial charge in [-0.1, -0.05) is 23.3 Å². The number of aromatic amines is 1. The average molecular weight is 369 g/mol. The van der Waals surface area contributed by atoms with Crippen LogP contribution >= 0.6 is 0 Å². The van der Waals surface area contributed by atoms with Gasteiger partial charge in [-0.2, -0.15) is 5.10 Å². The van der Waals surface area contributed by atoms with Crippen LogP contribution in [0, 0.1) is 10.1 Å². The first-order valence-corrected chi connectivity index (χ1v) is 7.93. The lowest BCUT2D eigenvalue weighted by atomic mass is 10.3. The maximum absolute atomic E-state index is 12.5. The summed E-state index contributed by atoms with van der Waals surface area (Å²) >= 11 is 0. The molecule has 0 fully saturated rings. The first-order valence-electron chi connectivity index (χ1n) is 7.93. The SMILES string of the molecule is CCn1cc(NC(=O)c2cc([N+](=O)[O-])[nH]n2)c(C(=O)Nc2ccccc2)n1. The first-order chi connectivity index (χ1) is 13.0. The molecular weight excluding hydrogens is 354 g/mol. The standard InChI is InChI=1S/C16H15N7O4/c1-2-22-9-12(18-15(24)11-8-13(20-19-11)23(26)27)14(21-22)16(25)17-10-6-4-3-5-7-10/h3-9H,2H2,1H3,(H,17,25)(H,18,24)(H,19,20). The number of benzene rings is 1. The fourth-order valence-corrected chi connectivity index (χ4v) is 2.26. The Labute approximate surface area is 152 Å². The van der Waals surface area contributed by atoms with Gasteiger partial charge in [0.1, 0.15) is 0 Å². The summed E-state index contributed by atoms with van der Waals surface area (Å²) in [5.41, 5.74) is 0.578. The van der Waals surface area contributed by atoms with E-state index in [1.165, 1.54) is 10.9 Å². The minimum atomic E-state index is -0.705. The molecule has 3 rings (SSSR count). The fourth-order valence-electron chi connectivity index (χ4n) is 2.26. The van der Waals surface area contributed by atoms with Crippen molar-refractivity contribution in [3.8, 4) is 0 Å². The van der Waals surface area contributed by atoms with Crippen molar-refractivity contribution in [1.82, 2.24) is 20.0 Å². The van der Waals surface area contributed by atoms with Gasteiger partial charge in [0.15, 0.2) is 11.4 Å². The number of carbonyl (C=O) groups excluding carboxylic acids is 2. The molecule has 0 aliphatic heterocycles. The number of carbonyl (C=O) groups is 2. The molecule has 0 aliphatic rings. The van der Waals surface area contributed by atoms with E-state index >= 15 is 0 Å². The largest absolute Gasteiger partial charge is 0.358 e. The summed E-state index contributed by atoms with van der Waals surface area (Å²) in [5, 5.41) is 25.8. The highest BCUT2D eigenvalue weighted by Gasteiger charge is 2.22. The Morgan fingerprint density at radius 1 is 1.22 bits per heavy atom. The van der Waals surface area contributed by atoms with Crippen LogP contribution < -0.4 is 10.6 Å². The lowest BCUT2D eigenvalue weighted by Gasteiger charge is -2.05. The van der Waals surface area contributed by atoms with Crippen molar-refractivity contribution < 1.29 is 14.5 Å². The van der Waals surface area contributed by atoms with E-state index in [0.29, 0.717) is 12.2 Å². The third-order valence-electron chi connectivity index (χ3n) is 3.57. The van der Waals surface area contributed by atoms with Gasteiger partial charge in [-0.25, -0.2) is 0 Å². The van der Waals surface area contributed by atoms with Crippen LogP contribution in [0.1, 0.15) is 27.9 Å². The quantitative estimate of drug-likeness (QED) is 0.447. The monoisotopic (exact) mass is 369 g/mol. The second-order valence-corrected chi connectivity index (χ2v) is 5.42. The minimum absolute atomic E-state index is 0.0130. The van der Waals surface area contributed by atoms with Crippen LogP contribution in [0.4, 0.5) is 17.2 Å². The van der Waals surface area contributed by atoms with E-state index in [4.69, 9.17) is 0 Å². The normalized spacial score (nSPS) is 10.4. The molecule has 138 valence electrons. The molecule has 3 aromatic rings. The third kappa shape index (κ3) is 3.98. The molecule has 3 N–H and O–H groups in total. The highest BCUT2D eigenvalue weighted by atomic mass is 16.6. The second kappa shape index (κ2) is 7.47. The molecule has 0 radical (unpaired) electrons. The number of nitro groups is 1. The van der Waals surface area contributed by atoms with Crippen molar-refractivity contribution >= 4 is 29.0 Å². The van der Waals surface area contributed by atoms with Crippen LogP contribution in [0.2, 0.25) is 0 Å². The zero-order valence-corrected chi connectivity index (χ0v) is 14.2. The molecule has 0 bridgehead atoms. The van der Waals surface area contributed by atoms with E-state index in [-0.39, 0.29) is 17.1 Å². The van der Waals surface area contributed by atoms with Crippen LogP contribution in [-0.2, 0) is 6.54 Å². The lowest BCUT2D eigenvalue weighted by Crippen LogP contribution is -2.18. The highest BCUT2D eigenvalue weighted by Crippen LogP contribution is 2.18. The second-order valence-electron chi connectivity index (χ2n) is 5.42. The molecule has 0 atom stereocenters. The van der Waals surface area contributed by atoms with E-state index in [9.17, 15) is 19.7 Å². The Balaban J connectivity index is 1.82. The van der Waals surface area contributed by atoms with Gasteiger partial charge in [-0.05, 0) is 24.0 Å². The number of amides is 2. The van der Waals surface area contributed by atoms with Crippen molar-refractivity contribution in [1.29, 1.82) is 0 Å². The van der Waals surface area contributed by atoms with Crippen LogP contribution in [-0.4, -0.2) is 36.7 Å². The zero-order chi connectivity index (χ0) is 19.4. The Morgan fingerprint density at radius 2 is 1.96 bits per heavy atom. The summed E-state index contributed by atoms with van der Waals surface area (Å²) in [7, 11) is 0. The van der Waals surface area contributed by atoms with Crippen LogP contribution in [0.3, 0.4) is 0 Å². The van der Waals surface area contributed by atoms with Gasteiger partial charge in [0.25, 0.3) is 11.8 Å². The van der Waals surface area contributed by atoms with Gasteiger partial charge in [-0.15, -0.1) is 5.10 Å². The molecule has 0 saturated heterocycles. The number of H-pyrrole nitrogens is 1. The third-order valence-corrected chi connectivity index (χ3v) is 3.57. The summed E-state index contributed by atoms with van der Waals surface area (Å²) in [6.07, 6.45) is 1.50. The Morgan fingerprint density at radius 3 is 2.59 bits per heavy atom. The van der Waals surface area contributed by atoms with Crippen molar-refractivity contribution in [3.05, 3.63) is 64.1 Å². The van der Waals surface area contributed by atoms with Crippen LogP contribution in [0.25, 0.3) is 0 Å². The number of hydrogen-bond donors (Lipinski definition) is 3. The summed E-state index contributed by atoms with van der Waals surface area (Å²) in [6, 6.07) is 9.80. The maximum atomic E-state index is 12.5. The number of aromatic nitrogens is 4. The number of rotatable bonds is 6. The molecule has 11 heteroatoms. The molecule has 2 heterocycles. The Hall–Kier alpha value is -4.02. The number of nitrogens with zero attached hydrogens (tertiary/aromatic N) is 4. The van der Waals surface area contributed by atoms with Crippen molar-refractivity contribution in [2.75, 3.05) is 10.6 Å². The van der Waals surface area contributed by atoms with E-state index in [1.807, 2.05) is 13.0 Å². The molecular formula is C16H15N7O4. The summed E-state index contributed by atoms with van der Waals surface area (Å²) < 4.78 is 1.49. The van der Waals surface area contributed by atoms with Crippen molar-refractivity contribution in [2.45, 2.75) is 13.5 Å². The van der Waals surface area contributed by atoms with E-state index in [0.717, 1.165) is 6.07 Å². The van der Waals surface area contributed by atoms with E-state index in [2.05, 4.69) is 25.9 Å². The van der Waals surface area contributed by atoms with Crippen LogP contribution in [0.15, 0.2) is 42.6 Å². The fraction of sp³-hybridized carbons (Fsp3) is 0.125. The van der Waals surface area contributed by atoms with Crippen molar-refractivity contribution in [3.63, 3.8) is 0 Å². The number of hydrogen-bond acceptors (Lipinski definition) is 6. The van der Waals surface area contributed by atoms with Crippen LogP contribution in [0.5, 0.6) is 0 Å². The average Bonchev–Trinajstić information content (AvgIpc) is 3.30. The lowest BCUT2D eigenvalue weighted by molar-refractivity contribution is -0.389.